The van der Waals surface area contributed by atoms with Gasteiger partial charge < -0.3 is 20.1 Å². The van der Waals surface area contributed by atoms with Gasteiger partial charge in [-0.05, 0) is 34.4 Å². The van der Waals surface area contributed by atoms with Crippen LogP contribution in [0.4, 0.5) is 0 Å². The van der Waals surface area contributed by atoms with Crippen LogP contribution in [0.2, 0.25) is 0 Å². The monoisotopic (exact) mass is 312 g/mol. The first-order valence-electron chi connectivity index (χ1n) is 7.57. The molecular formula is C19H20O4. The molecule has 0 unspecified atom stereocenters. The summed E-state index contributed by atoms with van der Waals surface area (Å²) < 4.78 is 5.21. The highest BCUT2D eigenvalue weighted by Gasteiger charge is 2.32. The van der Waals surface area contributed by atoms with Crippen LogP contribution in [0.5, 0.6) is 11.5 Å². The van der Waals surface area contributed by atoms with Crippen LogP contribution in [0.1, 0.15) is 22.6 Å². The van der Waals surface area contributed by atoms with E-state index in [1.54, 1.807) is 12.1 Å². The van der Waals surface area contributed by atoms with Gasteiger partial charge in [-0.3, -0.25) is 0 Å². The molecule has 1 aliphatic rings. The molecule has 4 nitrogen and oxygen atoms in total. The van der Waals surface area contributed by atoms with Gasteiger partial charge in [0.05, 0.1) is 20.3 Å². The van der Waals surface area contributed by atoms with Gasteiger partial charge in [0.2, 0.25) is 0 Å². The molecule has 0 saturated heterocycles. The second-order valence-electron chi connectivity index (χ2n) is 5.70. The van der Waals surface area contributed by atoms with E-state index in [2.05, 4.69) is 0 Å². The molecule has 0 radical (unpaired) electrons. The highest BCUT2D eigenvalue weighted by Crippen LogP contribution is 2.44. The topological polar surface area (TPSA) is 69.9 Å². The van der Waals surface area contributed by atoms with Crippen molar-refractivity contribution >= 4 is 6.08 Å². The second kappa shape index (κ2) is 6.44. The summed E-state index contributed by atoms with van der Waals surface area (Å²) in [4.78, 5) is 0. The predicted molar refractivity (Wildman–Crippen MR) is 88.6 cm³/mol. The number of ether oxygens (including phenoxy) is 1. The predicted octanol–water partition coefficient (Wildman–Crippen LogP) is 2.53. The Balaban J connectivity index is 2.17. The first kappa shape index (κ1) is 15.6. The smallest absolute Gasteiger partial charge is 0.160 e. The second-order valence-corrected chi connectivity index (χ2v) is 5.70. The standard InChI is InChI=1S/C19H20O4/c1-23-18-9-13(6-7-17(18)22)19-15-5-3-2-4-12(15)8-14(10-20)16(19)11-21/h2-9,16,19-22H,10-11H2,1H3/t16-,19-/m0/s1. The van der Waals surface area contributed by atoms with Gasteiger partial charge in [0.15, 0.2) is 11.5 Å². The molecular weight excluding hydrogens is 292 g/mol. The Morgan fingerprint density at radius 3 is 2.57 bits per heavy atom. The molecule has 0 fully saturated rings. The first-order chi connectivity index (χ1) is 11.2. The number of hydrogen-bond donors (Lipinski definition) is 3. The Labute approximate surface area is 135 Å². The lowest BCUT2D eigenvalue weighted by Gasteiger charge is -2.33. The van der Waals surface area contributed by atoms with Crippen LogP contribution in [0.3, 0.4) is 0 Å². The zero-order valence-electron chi connectivity index (χ0n) is 12.9. The van der Waals surface area contributed by atoms with Crippen molar-refractivity contribution in [3.05, 3.63) is 64.7 Å². The minimum Gasteiger partial charge on any atom is -0.504 e. The van der Waals surface area contributed by atoms with Crippen LogP contribution in [0.25, 0.3) is 6.08 Å². The summed E-state index contributed by atoms with van der Waals surface area (Å²) in [5, 5.41) is 29.4. The van der Waals surface area contributed by atoms with Crippen molar-refractivity contribution in [1.82, 2.24) is 0 Å². The lowest BCUT2D eigenvalue weighted by atomic mass is 9.72. The molecule has 0 aliphatic heterocycles. The maximum Gasteiger partial charge on any atom is 0.160 e. The summed E-state index contributed by atoms with van der Waals surface area (Å²) in [5.74, 6) is 0.178. The minimum atomic E-state index is -0.204. The van der Waals surface area contributed by atoms with Crippen molar-refractivity contribution in [3.8, 4) is 11.5 Å². The number of benzene rings is 2. The Bertz CT molecular complexity index is 736. The summed E-state index contributed by atoms with van der Waals surface area (Å²) in [6.07, 6.45) is 1.95. The normalized spacial score (nSPS) is 19.9. The molecule has 0 bridgehead atoms. The van der Waals surface area contributed by atoms with Gasteiger partial charge in [-0.15, -0.1) is 0 Å². The van der Waals surface area contributed by atoms with Gasteiger partial charge in [0, 0.05) is 11.8 Å². The molecule has 3 rings (SSSR count). The fraction of sp³-hybridized carbons (Fsp3) is 0.263. The zero-order valence-corrected chi connectivity index (χ0v) is 12.9. The molecule has 0 heterocycles. The van der Waals surface area contributed by atoms with E-state index in [1.807, 2.05) is 36.4 Å². The number of aliphatic hydroxyl groups excluding tert-OH is 2. The van der Waals surface area contributed by atoms with Gasteiger partial charge in [-0.1, -0.05) is 36.4 Å². The number of phenolic OH excluding ortho intramolecular Hbond substituents is 1. The van der Waals surface area contributed by atoms with E-state index in [0.717, 1.165) is 22.3 Å². The highest BCUT2D eigenvalue weighted by molar-refractivity contribution is 5.64. The largest absolute Gasteiger partial charge is 0.504 e. The number of rotatable bonds is 4. The van der Waals surface area contributed by atoms with Crippen LogP contribution in [0, 0.1) is 5.92 Å². The molecule has 0 spiro atoms. The number of aromatic hydroxyl groups is 1. The van der Waals surface area contributed by atoms with E-state index in [0.29, 0.717) is 5.75 Å². The maximum absolute atomic E-state index is 9.90. The molecule has 3 N–H and O–H groups in total. The van der Waals surface area contributed by atoms with Gasteiger partial charge in [0.1, 0.15) is 0 Å². The summed E-state index contributed by atoms with van der Waals surface area (Å²) in [6.45, 7) is -0.153. The van der Waals surface area contributed by atoms with E-state index in [-0.39, 0.29) is 30.8 Å². The quantitative estimate of drug-likeness (QED) is 0.811. The molecule has 0 saturated carbocycles. The van der Waals surface area contributed by atoms with Gasteiger partial charge >= 0.3 is 0 Å². The van der Waals surface area contributed by atoms with Gasteiger partial charge in [-0.2, -0.15) is 0 Å². The van der Waals surface area contributed by atoms with E-state index < -0.39 is 0 Å². The molecule has 120 valence electrons. The van der Waals surface area contributed by atoms with Crippen molar-refractivity contribution in [3.63, 3.8) is 0 Å². The number of aliphatic hydroxyl groups is 2. The fourth-order valence-corrected chi connectivity index (χ4v) is 3.35. The number of hydrogen-bond acceptors (Lipinski definition) is 4. The Morgan fingerprint density at radius 1 is 1.09 bits per heavy atom. The minimum absolute atomic E-state index is 0.0609. The molecule has 2 aromatic rings. The summed E-state index contributed by atoms with van der Waals surface area (Å²) in [7, 11) is 1.51. The fourth-order valence-electron chi connectivity index (χ4n) is 3.35. The van der Waals surface area contributed by atoms with Crippen LogP contribution in [-0.4, -0.2) is 35.6 Å². The molecule has 23 heavy (non-hydrogen) atoms. The summed E-state index contributed by atoms with van der Waals surface area (Å²) in [6, 6.07) is 13.2. The number of phenols is 1. The van der Waals surface area contributed by atoms with E-state index in [1.165, 1.54) is 7.11 Å². The Morgan fingerprint density at radius 2 is 1.87 bits per heavy atom. The molecule has 0 amide bonds. The van der Waals surface area contributed by atoms with Gasteiger partial charge in [-0.25, -0.2) is 0 Å². The van der Waals surface area contributed by atoms with Crippen LogP contribution in [0.15, 0.2) is 48.0 Å². The van der Waals surface area contributed by atoms with Crippen molar-refractivity contribution in [2.24, 2.45) is 5.92 Å². The van der Waals surface area contributed by atoms with Crippen molar-refractivity contribution < 1.29 is 20.1 Å². The molecule has 2 atom stereocenters. The third kappa shape index (κ3) is 2.71. The van der Waals surface area contributed by atoms with Crippen LogP contribution < -0.4 is 4.74 Å². The molecule has 0 aromatic heterocycles. The van der Waals surface area contributed by atoms with Crippen LogP contribution >= 0.6 is 0 Å². The summed E-state index contributed by atoms with van der Waals surface area (Å²) in [5.41, 5.74) is 3.88. The lowest BCUT2D eigenvalue weighted by Crippen LogP contribution is -2.25. The Kier molecular flexibility index (Phi) is 4.37. The van der Waals surface area contributed by atoms with Gasteiger partial charge in [0.25, 0.3) is 0 Å². The molecule has 4 heteroatoms. The molecule has 2 aromatic carbocycles. The van der Waals surface area contributed by atoms with Crippen molar-refractivity contribution in [2.75, 3.05) is 20.3 Å². The van der Waals surface area contributed by atoms with Crippen molar-refractivity contribution in [2.45, 2.75) is 5.92 Å². The maximum atomic E-state index is 9.90. The van der Waals surface area contributed by atoms with Crippen LogP contribution in [-0.2, 0) is 0 Å². The van der Waals surface area contributed by atoms with E-state index in [9.17, 15) is 15.3 Å². The number of fused-ring (bicyclic) bond motifs is 1. The SMILES string of the molecule is COc1cc([C@H]2c3ccccc3C=C(CO)[C@@H]2CO)ccc1O. The third-order valence-electron chi connectivity index (χ3n) is 4.49. The number of methoxy groups -OCH3 is 1. The van der Waals surface area contributed by atoms with E-state index in [4.69, 9.17) is 4.74 Å². The van der Waals surface area contributed by atoms with E-state index >= 15 is 0 Å². The lowest BCUT2D eigenvalue weighted by molar-refractivity contribution is 0.215. The average Bonchev–Trinajstić information content (AvgIpc) is 2.60. The summed E-state index contributed by atoms with van der Waals surface area (Å²) >= 11 is 0. The molecule has 1 aliphatic carbocycles. The Hall–Kier alpha value is -2.30. The zero-order chi connectivity index (χ0) is 16.4. The van der Waals surface area contributed by atoms with Crippen molar-refractivity contribution in [1.29, 1.82) is 0 Å². The third-order valence-corrected chi connectivity index (χ3v) is 4.49. The average molecular weight is 312 g/mol. The highest BCUT2D eigenvalue weighted by atomic mass is 16.5. The first-order valence-corrected chi connectivity index (χ1v) is 7.57.